The summed E-state index contributed by atoms with van der Waals surface area (Å²) in [5.41, 5.74) is 1.20. The van der Waals surface area contributed by atoms with Crippen LogP contribution in [-0.4, -0.2) is 47.0 Å². The predicted octanol–water partition coefficient (Wildman–Crippen LogP) is 3.10. The highest BCUT2D eigenvalue weighted by Gasteiger charge is 2.20. The Kier molecular flexibility index (Phi) is 5.34. The summed E-state index contributed by atoms with van der Waals surface area (Å²) in [4.78, 5) is 29.8. The molecule has 142 valence electrons. The number of pyridine rings is 1. The SMILES string of the molecule is O=C(Nc1ccc(Cl)cc1)c1ccc(N2CCN(c3ncccn3)CC2)nc1. The molecular formula is C20H19ClN6O. The maximum absolute atomic E-state index is 12.4. The summed E-state index contributed by atoms with van der Waals surface area (Å²) in [6.07, 6.45) is 5.11. The molecular weight excluding hydrogens is 376 g/mol. The fourth-order valence-electron chi connectivity index (χ4n) is 3.03. The number of rotatable bonds is 4. The van der Waals surface area contributed by atoms with E-state index in [2.05, 4.69) is 30.1 Å². The van der Waals surface area contributed by atoms with Crippen LogP contribution in [0.25, 0.3) is 0 Å². The van der Waals surface area contributed by atoms with Crippen LogP contribution in [0.4, 0.5) is 17.5 Å². The first-order valence-electron chi connectivity index (χ1n) is 8.99. The second kappa shape index (κ2) is 8.22. The van der Waals surface area contributed by atoms with Crippen molar-refractivity contribution in [3.63, 3.8) is 0 Å². The van der Waals surface area contributed by atoms with Gasteiger partial charge in [-0.3, -0.25) is 4.79 Å². The molecule has 0 atom stereocenters. The zero-order valence-electron chi connectivity index (χ0n) is 15.1. The van der Waals surface area contributed by atoms with Crippen molar-refractivity contribution in [3.05, 3.63) is 71.6 Å². The molecule has 3 heterocycles. The Bertz CT molecular complexity index is 925. The van der Waals surface area contributed by atoms with E-state index in [1.165, 1.54) is 0 Å². The Balaban J connectivity index is 1.36. The third-order valence-electron chi connectivity index (χ3n) is 4.55. The largest absolute Gasteiger partial charge is 0.353 e. The lowest BCUT2D eigenvalue weighted by molar-refractivity contribution is 0.102. The van der Waals surface area contributed by atoms with Gasteiger partial charge in [0.2, 0.25) is 5.95 Å². The van der Waals surface area contributed by atoms with Gasteiger partial charge in [-0.2, -0.15) is 0 Å². The minimum Gasteiger partial charge on any atom is -0.353 e. The highest BCUT2D eigenvalue weighted by molar-refractivity contribution is 6.30. The highest BCUT2D eigenvalue weighted by atomic mass is 35.5. The van der Waals surface area contributed by atoms with E-state index in [4.69, 9.17) is 11.6 Å². The van der Waals surface area contributed by atoms with Crippen molar-refractivity contribution < 1.29 is 4.79 Å². The van der Waals surface area contributed by atoms with E-state index in [1.807, 2.05) is 12.1 Å². The van der Waals surface area contributed by atoms with Crippen LogP contribution in [0, 0.1) is 0 Å². The van der Waals surface area contributed by atoms with Gasteiger partial charge in [-0.25, -0.2) is 15.0 Å². The average Bonchev–Trinajstić information content (AvgIpc) is 2.76. The number of carbonyl (C=O) groups excluding carboxylic acids is 1. The lowest BCUT2D eigenvalue weighted by Crippen LogP contribution is -2.47. The molecule has 0 spiro atoms. The Morgan fingerprint density at radius 1 is 0.893 bits per heavy atom. The molecule has 1 N–H and O–H groups in total. The van der Waals surface area contributed by atoms with Crippen LogP contribution in [0.15, 0.2) is 61.1 Å². The fraction of sp³-hybridized carbons (Fsp3) is 0.200. The van der Waals surface area contributed by atoms with Crippen LogP contribution in [-0.2, 0) is 0 Å². The molecule has 4 rings (SSSR count). The number of carbonyl (C=O) groups is 1. The number of anilines is 3. The van der Waals surface area contributed by atoms with Crippen LogP contribution >= 0.6 is 11.6 Å². The zero-order valence-corrected chi connectivity index (χ0v) is 15.9. The van der Waals surface area contributed by atoms with E-state index in [1.54, 1.807) is 48.9 Å². The smallest absolute Gasteiger partial charge is 0.257 e. The first kappa shape index (κ1) is 18.2. The van der Waals surface area contributed by atoms with E-state index in [9.17, 15) is 4.79 Å². The van der Waals surface area contributed by atoms with Crippen LogP contribution in [0.2, 0.25) is 5.02 Å². The van der Waals surface area contributed by atoms with Gasteiger partial charge in [-0.1, -0.05) is 11.6 Å². The molecule has 1 aliphatic rings. The summed E-state index contributed by atoms with van der Waals surface area (Å²) < 4.78 is 0. The molecule has 1 amide bonds. The topological polar surface area (TPSA) is 74.2 Å². The van der Waals surface area contributed by atoms with Gasteiger partial charge >= 0.3 is 0 Å². The molecule has 0 saturated carbocycles. The lowest BCUT2D eigenvalue weighted by atomic mass is 10.2. The van der Waals surface area contributed by atoms with Gasteiger partial charge in [0.05, 0.1) is 5.56 Å². The molecule has 0 bridgehead atoms. The molecule has 2 aromatic heterocycles. The van der Waals surface area contributed by atoms with Crippen LogP contribution < -0.4 is 15.1 Å². The Morgan fingerprint density at radius 2 is 1.57 bits per heavy atom. The number of piperazine rings is 1. The van der Waals surface area contributed by atoms with Crippen molar-refractivity contribution in [1.82, 2.24) is 15.0 Å². The van der Waals surface area contributed by atoms with Crippen molar-refractivity contribution in [2.24, 2.45) is 0 Å². The number of halogens is 1. The Hall–Kier alpha value is -3.19. The molecule has 0 radical (unpaired) electrons. The number of aromatic nitrogens is 3. The van der Waals surface area contributed by atoms with Crippen molar-refractivity contribution in [2.45, 2.75) is 0 Å². The van der Waals surface area contributed by atoms with E-state index in [-0.39, 0.29) is 5.91 Å². The van der Waals surface area contributed by atoms with E-state index in [0.29, 0.717) is 16.3 Å². The zero-order chi connectivity index (χ0) is 19.3. The standard InChI is InChI=1S/C20H19ClN6O/c21-16-3-5-17(6-4-16)25-19(28)15-2-7-18(24-14-15)26-10-12-27(13-11-26)20-22-8-1-9-23-20/h1-9,14H,10-13H2,(H,25,28). The van der Waals surface area contributed by atoms with Crippen molar-refractivity contribution in [1.29, 1.82) is 0 Å². The number of hydrogen-bond acceptors (Lipinski definition) is 6. The molecule has 1 saturated heterocycles. The number of nitrogens with one attached hydrogen (secondary N) is 1. The van der Waals surface area contributed by atoms with Gasteiger partial charge in [0.25, 0.3) is 5.91 Å². The monoisotopic (exact) mass is 394 g/mol. The minimum absolute atomic E-state index is 0.201. The maximum atomic E-state index is 12.4. The Labute approximate surface area is 168 Å². The van der Waals surface area contributed by atoms with Crippen LogP contribution in [0.3, 0.4) is 0 Å². The molecule has 7 nitrogen and oxygen atoms in total. The second-order valence-corrected chi connectivity index (χ2v) is 6.83. The summed E-state index contributed by atoms with van der Waals surface area (Å²) in [7, 11) is 0. The van der Waals surface area contributed by atoms with Gasteiger partial charge in [0.15, 0.2) is 0 Å². The van der Waals surface area contributed by atoms with Gasteiger partial charge in [-0.15, -0.1) is 0 Å². The molecule has 1 aromatic carbocycles. The molecule has 28 heavy (non-hydrogen) atoms. The van der Waals surface area contributed by atoms with Crippen molar-refractivity contribution in [2.75, 3.05) is 41.3 Å². The summed E-state index contributed by atoms with van der Waals surface area (Å²) in [5, 5.41) is 3.46. The van der Waals surface area contributed by atoms with E-state index >= 15 is 0 Å². The Morgan fingerprint density at radius 3 is 2.21 bits per heavy atom. The van der Waals surface area contributed by atoms with Crippen molar-refractivity contribution >= 4 is 35.0 Å². The van der Waals surface area contributed by atoms with Gasteiger partial charge in [-0.05, 0) is 42.5 Å². The van der Waals surface area contributed by atoms with E-state index < -0.39 is 0 Å². The summed E-state index contributed by atoms with van der Waals surface area (Å²) in [6.45, 7) is 3.29. The summed E-state index contributed by atoms with van der Waals surface area (Å²) >= 11 is 5.86. The van der Waals surface area contributed by atoms with Crippen molar-refractivity contribution in [3.8, 4) is 0 Å². The molecule has 1 fully saturated rings. The first-order valence-corrected chi connectivity index (χ1v) is 9.37. The number of benzene rings is 1. The molecule has 3 aromatic rings. The van der Waals surface area contributed by atoms with Crippen LogP contribution in [0.5, 0.6) is 0 Å². The summed E-state index contributed by atoms with van der Waals surface area (Å²) in [6, 6.07) is 12.5. The second-order valence-electron chi connectivity index (χ2n) is 6.39. The average molecular weight is 395 g/mol. The quantitative estimate of drug-likeness (QED) is 0.733. The maximum Gasteiger partial charge on any atom is 0.257 e. The molecule has 0 aliphatic carbocycles. The highest BCUT2D eigenvalue weighted by Crippen LogP contribution is 2.18. The third kappa shape index (κ3) is 4.20. The lowest BCUT2D eigenvalue weighted by Gasteiger charge is -2.35. The normalized spacial score (nSPS) is 14.0. The number of nitrogens with zero attached hydrogens (tertiary/aromatic N) is 5. The van der Waals surface area contributed by atoms with Crippen LogP contribution in [0.1, 0.15) is 10.4 Å². The minimum atomic E-state index is -0.201. The van der Waals surface area contributed by atoms with Gasteiger partial charge in [0, 0.05) is 55.5 Å². The first-order chi connectivity index (χ1) is 13.7. The van der Waals surface area contributed by atoms with Gasteiger partial charge < -0.3 is 15.1 Å². The van der Waals surface area contributed by atoms with Gasteiger partial charge in [0.1, 0.15) is 5.82 Å². The fourth-order valence-corrected chi connectivity index (χ4v) is 3.16. The summed E-state index contributed by atoms with van der Waals surface area (Å²) in [5.74, 6) is 1.41. The molecule has 8 heteroatoms. The molecule has 0 unspecified atom stereocenters. The van der Waals surface area contributed by atoms with E-state index in [0.717, 1.165) is 37.9 Å². The third-order valence-corrected chi connectivity index (χ3v) is 4.80. The number of amides is 1. The predicted molar refractivity (Wildman–Crippen MR) is 110 cm³/mol. The molecule has 1 aliphatic heterocycles. The number of hydrogen-bond donors (Lipinski definition) is 1.